The maximum Gasteiger partial charge on any atom is 0.252 e. The van der Waals surface area contributed by atoms with Gasteiger partial charge in [0.05, 0.1) is 6.04 Å². The van der Waals surface area contributed by atoms with Gasteiger partial charge in [-0.15, -0.1) is 0 Å². The number of amides is 1. The number of fused-ring (bicyclic) bond motifs is 1. The van der Waals surface area contributed by atoms with Gasteiger partial charge in [0.2, 0.25) is 0 Å². The molecule has 0 unspecified atom stereocenters. The third-order valence-corrected chi connectivity index (χ3v) is 2.59. The third kappa shape index (κ3) is 1.52. The van der Waals surface area contributed by atoms with E-state index in [0.717, 1.165) is 17.5 Å². The molecule has 0 aliphatic carbocycles. The Kier molecular flexibility index (Phi) is 2.28. The maximum absolute atomic E-state index is 11.5. The van der Waals surface area contributed by atoms with E-state index < -0.39 is 0 Å². The molecule has 0 bridgehead atoms. The zero-order valence-corrected chi connectivity index (χ0v) is 8.58. The monoisotopic (exact) mass is 189 g/mol. The fourth-order valence-electron chi connectivity index (χ4n) is 1.98. The standard InChI is InChI=1S/C12H15NO/c1-8(2)7-11-9-5-3-4-6-10(9)12(14)13-11/h3-6,8,11H,7H2,1-2H3,(H,13,14)/t11-/m1/s1. The zero-order valence-electron chi connectivity index (χ0n) is 8.58. The first-order valence-electron chi connectivity index (χ1n) is 5.08. The second kappa shape index (κ2) is 3.45. The third-order valence-electron chi connectivity index (χ3n) is 2.59. The van der Waals surface area contributed by atoms with Crippen LogP contribution in [0.15, 0.2) is 24.3 Å². The predicted molar refractivity (Wildman–Crippen MR) is 56.1 cm³/mol. The summed E-state index contributed by atoms with van der Waals surface area (Å²) in [5, 5.41) is 3.01. The van der Waals surface area contributed by atoms with Crippen LogP contribution in [-0.2, 0) is 0 Å². The van der Waals surface area contributed by atoms with Gasteiger partial charge in [-0.2, -0.15) is 0 Å². The van der Waals surface area contributed by atoms with E-state index in [1.54, 1.807) is 0 Å². The molecule has 1 amide bonds. The summed E-state index contributed by atoms with van der Waals surface area (Å²) in [6.45, 7) is 4.35. The average molecular weight is 189 g/mol. The lowest BCUT2D eigenvalue weighted by atomic mass is 9.97. The molecule has 2 rings (SSSR count). The van der Waals surface area contributed by atoms with Crippen molar-refractivity contribution in [1.29, 1.82) is 0 Å². The molecular formula is C12H15NO. The van der Waals surface area contributed by atoms with Crippen molar-refractivity contribution < 1.29 is 4.79 Å². The molecule has 1 aromatic rings. The lowest BCUT2D eigenvalue weighted by Gasteiger charge is -2.13. The molecule has 0 spiro atoms. The molecular weight excluding hydrogens is 174 g/mol. The lowest BCUT2D eigenvalue weighted by Crippen LogP contribution is -2.20. The van der Waals surface area contributed by atoms with E-state index in [9.17, 15) is 4.79 Å². The highest BCUT2D eigenvalue weighted by Gasteiger charge is 2.27. The van der Waals surface area contributed by atoms with Crippen LogP contribution in [-0.4, -0.2) is 5.91 Å². The van der Waals surface area contributed by atoms with Crippen LogP contribution in [0.2, 0.25) is 0 Å². The number of benzene rings is 1. The Morgan fingerprint density at radius 3 is 2.79 bits per heavy atom. The second-order valence-corrected chi connectivity index (χ2v) is 4.24. The zero-order chi connectivity index (χ0) is 10.1. The first kappa shape index (κ1) is 9.25. The van der Waals surface area contributed by atoms with E-state index in [1.165, 1.54) is 0 Å². The molecule has 1 aliphatic heterocycles. The Morgan fingerprint density at radius 1 is 1.36 bits per heavy atom. The fourth-order valence-corrected chi connectivity index (χ4v) is 1.98. The van der Waals surface area contributed by atoms with Crippen molar-refractivity contribution >= 4 is 5.91 Å². The van der Waals surface area contributed by atoms with Gasteiger partial charge < -0.3 is 5.32 Å². The van der Waals surface area contributed by atoms with Crippen LogP contribution in [0.25, 0.3) is 0 Å². The summed E-state index contributed by atoms with van der Waals surface area (Å²) in [6.07, 6.45) is 1.02. The van der Waals surface area contributed by atoms with Gasteiger partial charge >= 0.3 is 0 Å². The van der Waals surface area contributed by atoms with Gasteiger partial charge in [0.25, 0.3) is 5.91 Å². The summed E-state index contributed by atoms with van der Waals surface area (Å²) in [5.74, 6) is 0.678. The van der Waals surface area contributed by atoms with Crippen LogP contribution < -0.4 is 5.32 Å². The molecule has 1 atom stereocenters. The molecule has 74 valence electrons. The first-order valence-corrected chi connectivity index (χ1v) is 5.08. The van der Waals surface area contributed by atoms with Gasteiger partial charge in [0.1, 0.15) is 0 Å². The number of nitrogens with one attached hydrogen (secondary N) is 1. The van der Waals surface area contributed by atoms with E-state index in [-0.39, 0.29) is 11.9 Å². The van der Waals surface area contributed by atoms with Crippen molar-refractivity contribution in [2.45, 2.75) is 26.3 Å². The van der Waals surface area contributed by atoms with Crippen molar-refractivity contribution in [2.75, 3.05) is 0 Å². The van der Waals surface area contributed by atoms with Gasteiger partial charge in [-0.1, -0.05) is 32.0 Å². The molecule has 14 heavy (non-hydrogen) atoms. The highest BCUT2D eigenvalue weighted by Crippen LogP contribution is 2.29. The molecule has 1 heterocycles. The minimum atomic E-state index is 0.0752. The van der Waals surface area contributed by atoms with Crippen molar-refractivity contribution in [3.05, 3.63) is 35.4 Å². The normalized spacial score (nSPS) is 19.6. The van der Waals surface area contributed by atoms with E-state index in [2.05, 4.69) is 19.2 Å². The highest BCUT2D eigenvalue weighted by atomic mass is 16.2. The van der Waals surface area contributed by atoms with Gasteiger partial charge in [0, 0.05) is 5.56 Å². The molecule has 1 N–H and O–H groups in total. The van der Waals surface area contributed by atoms with Crippen LogP contribution in [0, 0.1) is 5.92 Å². The van der Waals surface area contributed by atoms with Crippen molar-refractivity contribution in [2.24, 2.45) is 5.92 Å². The minimum absolute atomic E-state index is 0.0752. The number of carbonyl (C=O) groups excluding carboxylic acids is 1. The summed E-state index contributed by atoms with van der Waals surface area (Å²) >= 11 is 0. The lowest BCUT2D eigenvalue weighted by molar-refractivity contribution is 0.0953. The largest absolute Gasteiger partial charge is 0.345 e. The summed E-state index contributed by atoms with van der Waals surface area (Å²) < 4.78 is 0. The van der Waals surface area contributed by atoms with Crippen molar-refractivity contribution in [3.63, 3.8) is 0 Å². The molecule has 0 fully saturated rings. The molecule has 0 saturated carbocycles. The quantitative estimate of drug-likeness (QED) is 0.761. The Balaban J connectivity index is 2.30. The molecule has 0 aromatic heterocycles. The Labute approximate surface area is 84.3 Å². The van der Waals surface area contributed by atoms with Gasteiger partial charge in [-0.3, -0.25) is 4.79 Å². The first-order chi connectivity index (χ1) is 6.68. The molecule has 0 saturated heterocycles. The molecule has 1 aliphatic rings. The number of hydrogen-bond donors (Lipinski definition) is 1. The van der Waals surface area contributed by atoms with Crippen LogP contribution in [0.1, 0.15) is 42.2 Å². The topological polar surface area (TPSA) is 29.1 Å². The van der Waals surface area contributed by atoms with E-state index in [0.29, 0.717) is 5.92 Å². The van der Waals surface area contributed by atoms with Gasteiger partial charge in [-0.25, -0.2) is 0 Å². The van der Waals surface area contributed by atoms with E-state index >= 15 is 0 Å². The smallest absolute Gasteiger partial charge is 0.252 e. The minimum Gasteiger partial charge on any atom is -0.345 e. The number of carbonyl (C=O) groups is 1. The van der Waals surface area contributed by atoms with E-state index in [4.69, 9.17) is 0 Å². The molecule has 2 nitrogen and oxygen atoms in total. The molecule has 1 aromatic carbocycles. The number of rotatable bonds is 2. The summed E-state index contributed by atoms with van der Waals surface area (Å²) in [7, 11) is 0. The summed E-state index contributed by atoms with van der Waals surface area (Å²) in [5.41, 5.74) is 2.00. The second-order valence-electron chi connectivity index (χ2n) is 4.24. The Hall–Kier alpha value is -1.31. The van der Waals surface area contributed by atoms with Crippen molar-refractivity contribution in [3.8, 4) is 0 Å². The maximum atomic E-state index is 11.5. The van der Waals surface area contributed by atoms with Crippen LogP contribution >= 0.6 is 0 Å². The fraction of sp³-hybridized carbons (Fsp3) is 0.417. The van der Waals surface area contributed by atoms with Gasteiger partial charge in [0.15, 0.2) is 0 Å². The Morgan fingerprint density at radius 2 is 2.07 bits per heavy atom. The Bertz CT molecular complexity index is 357. The van der Waals surface area contributed by atoms with Crippen molar-refractivity contribution in [1.82, 2.24) is 5.32 Å². The summed E-state index contributed by atoms with van der Waals surface area (Å²) in [4.78, 5) is 11.5. The van der Waals surface area contributed by atoms with Crippen LogP contribution in [0.3, 0.4) is 0 Å². The highest BCUT2D eigenvalue weighted by molar-refractivity contribution is 5.99. The summed E-state index contributed by atoms with van der Waals surface area (Å²) in [6, 6.07) is 8.06. The predicted octanol–water partition coefficient (Wildman–Crippen LogP) is 2.52. The average Bonchev–Trinajstić information content (AvgIpc) is 2.44. The van der Waals surface area contributed by atoms with Gasteiger partial charge in [-0.05, 0) is 24.0 Å². The van der Waals surface area contributed by atoms with E-state index in [1.807, 2.05) is 24.3 Å². The number of hydrogen-bond acceptors (Lipinski definition) is 1. The van der Waals surface area contributed by atoms with Crippen LogP contribution in [0.4, 0.5) is 0 Å². The molecule has 0 radical (unpaired) electrons. The SMILES string of the molecule is CC(C)C[C@H]1NC(=O)c2ccccc21. The van der Waals surface area contributed by atoms with Crippen LogP contribution in [0.5, 0.6) is 0 Å². The molecule has 2 heteroatoms.